The fraction of sp³-hybridized carbons (Fsp3) is 0.808. The first-order chi connectivity index (χ1) is 14.8. The van der Waals surface area contributed by atoms with E-state index >= 15 is 0 Å². The van der Waals surface area contributed by atoms with Crippen molar-refractivity contribution in [2.45, 2.75) is 83.8 Å². The molecule has 5 nitrogen and oxygen atoms in total. The van der Waals surface area contributed by atoms with Crippen molar-refractivity contribution in [3.63, 3.8) is 0 Å². The minimum Gasteiger partial charge on any atom is -0.390 e. The molecule has 1 heterocycles. The Morgan fingerprint density at radius 2 is 1.90 bits per heavy atom. The van der Waals surface area contributed by atoms with Gasteiger partial charge in [0, 0.05) is 6.20 Å². The fourth-order valence-corrected chi connectivity index (χ4v) is 8.76. The van der Waals surface area contributed by atoms with Gasteiger partial charge in [0.1, 0.15) is 6.07 Å². The monoisotopic (exact) mass is 420 g/mol. The van der Waals surface area contributed by atoms with E-state index in [2.05, 4.69) is 24.2 Å². The maximum absolute atomic E-state index is 10.6. The van der Waals surface area contributed by atoms with Gasteiger partial charge in [-0.3, -0.25) is 4.68 Å². The normalized spacial score (nSPS) is 44.9. The molecule has 1 aromatic rings. The molecular weight excluding hydrogens is 384 g/mol. The lowest BCUT2D eigenvalue weighted by Crippen LogP contribution is -2.51. The molecule has 5 rings (SSSR count). The van der Waals surface area contributed by atoms with Gasteiger partial charge in [0.05, 0.1) is 35.9 Å². The predicted octanol–water partition coefficient (Wildman–Crippen LogP) is 4.91. The molecule has 1 N–H and O–H groups in total. The highest BCUT2D eigenvalue weighted by Crippen LogP contribution is 2.65. The third-order valence-electron chi connectivity index (χ3n) is 10.1. The van der Waals surface area contributed by atoms with E-state index in [1.165, 1.54) is 38.5 Å². The van der Waals surface area contributed by atoms with Crippen LogP contribution in [0.4, 0.5) is 0 Å². The molecule has 0 saturated heterocycles. The van der Waals surface area contributed by atoms with E-state index in [1.54, 1.807) is 17.1 Å². The number of rotatable bonds is 3. The Bertz CT molecular complexity index is 907. The smallest absolute Gasteiger partial charge is 0.102 e. The van der Waals surface area contributed by atoms with Gasteiger partial charge < -0.3 is 5.11 Å². The Kier molecular flexibility index (Phi) is 5.17. The molecule has 0 bridgehead atoms. The summed E-state index contributed by atoms with van der Waals surface area (Å²) in [5, 5.41) is 34.1. The van der Waals surface area contributed by atoms with Crippen molar-refractivity contribution >= 4 is 0 Å². The maximum atomic E-state index is 10.6. The Labute approximate surface area is 186 Å². The Morgan fingerprint density at radius 1 is 1.10 bits per heavy atom. The molecule has 4 fully saturated rings. The second-order valence-electron chi connectivity index (χ2n) is 11.7. The van der Waals surface area contributed by atoms with Crippen molar-refractivity contribution in [3.8, 4) is 12.1 Å². The standard InChI is InChI=1S/C26H36N4O/c1-25(31)9-7-20-18(11-25)3-4-22-21(20)8-10-26(2)23(5-6-24(22)26)19(13-28)16-30-15-17(12-27)14-29-30/h14-15,18-24,31H,3-11,16H2,1-2H3/t18-,19?,20+,21-,22-,23-,24+,25-,26-/m1/s1. The Morgan fingerprint density at radius 3 is 2.65 bits per heavy atom. The summed E-state index contributed by atoms with van der Waals surface area (Å²) in [6, 6.07) is 4.77. The number of hydrogen-bond acceptors (Lipinski definition) is 4. The van der Waals surface area contributed by atoms with Crippen LogP contribution in [0.3, 0.4) is 0 Å². The highest BCUT2D eigenvalue weighted by Gasteiger charge is 2.58. The molecule has 4 saturated carbocycles. The zero-order chi connectivity index (χ0) is 21.8. The van der Waals surface area contributed by atoms with Crippen molar-refractivity contribution in [1.82, 2.24) is 9.78 Å². The third kappa shape index (κ3) is 3.50. The summed E-state index contributed by atoms with van der Waals surface area (Å²) < 4.78 is 1.80. The summed E-state index contributed by atoms with van der Waals surface area (Å²) in [6.45, 7) is 5.12. The van der Waals surface area contributed by atoms with Crippen molar-refractivity contribution < 1.29 is 5.11 Å². The topological polar surface area (TPSA) is 85.6 Å². The second-order valence-corrected chi connectivity index (χ2v) is 11.7. The van der Waals surface area contributed by atoms with Gasteiger partial charge in [0.25, 0.3) is 0 Å². The molecule has 9 atom stereocenters. The Hall–Kier alpha value is -1.85. The first-order valence-electron chi connectivity index (χ1n) is 12.4. The number of aromatic nitrogens is 2. The predicted molar refractivity (Wildman–Crippen MR) is 117 cm³/mol. The second kappa shape index (κ2) is 7.63. The summed E-state index contributed by atoms with van der Waals surface area (Å²) >= 11 is 0. The third-order valence-corrected chi connectivity index (χ3v) is 10.1. The first-order valence-corrected chi connectivity index (χ1v) is 12.4. The lowest BCUT2D eigenvalue weighted by molar-refractivity contribution is -0.102. The van der Waals surface area contributed by atoms with Crippen LogP contribution in [0.25, 0.3) is 0 Å². The molecule has 166 valence electrons. The number of aliphatic hydroxyl groups is 1. The van der Waals surface area contributed by atoms with Gasteiger partial charge in [0.2, 0.25) is 0 Å². The van der Waals surface area contributed by atoms with E-state index < -0.39 is 5.60 Å². The van der Waals surface area contributed by atoms with E-state index in [4.69, 9.17) is 5.26 Å². The van der Waals surface area contributed by atoms with Crippen LogP contribution in [0.1, 0.15) is 77.2 Å². The number of nitrogens with zero attached hydrogens (tertiary/aromatic N) is 4. The highest BCUT2D eigenvalue weighted by molar-refractivity contribution is 5.21. The molecule has 0 radical (unpaired) electrons. The van der Waals surface area contributed by atoms with Crippen LogP contribution in [-0.4, -0.2) is 20.5 Å². The first kappa shape index (κ1) is 21.0. The number of fused-ring (bicyclic) bond motifs is 5. The van der Waals surface area contributed by atoms with Gasteiger partial charge in [-0.05, 0) is 106 Å². The van der Waals surface area contributed by atoms with Gasteiger partial charge in [-0.25, -0.2) is 0 Å². The SMILES string of the molecule is C[C@@]1(O)CC[C@H]2[C@H](CC[C@@H]3[C@@H]2CC[C@]2(C)[C@@H](C(C#N)Cn4cc(C#N)cn4)CC[C@@H]32)C1. The van der Waals surface area contributed by atoms with Gasteiger partial charge in [0.15, 0.2) is 0 Å². The molecule has 4 aliphatic rings. The molecule has 4 aliphatic carbocycles. The molecule has 1 aromatic heterocycles. The minimum absolute atomic E-state index is 0.0425. The quantitative estimate of drug-likeness (QED) is 0.752. The lowest BCUT2D eigenvalue weighted by Gasteiger charge is -2.57. The summed E-state index contributed by atoms with van der Waals surface area (Å²) in [6.07, 6.45) is 14.1. The van der Waals surface area contributed by atoms with Crippen LogP contribution in [0.15, 0.2) is 12.4 Å². The van der Waals surface area contributed by atoms with Crippen LogP contribution in [-0.2, 0) is 6.54 Å². The largest absolute Gasteiger partial charge is 0.390 e. The molecule has 0 amide bonds. The van der Waals surface area contributed by atoms with Crippen LogP contribution in [0.2, 0.25) is 0 Å². The van der Waals surface area contributed by atoms with Crippen LogP contribution in [0.5, 0.6) is 0 Å². The average Bonchev–Trinajstić information content (AvgIpc) is 3.34. The van der Waals surface area contributed by atoms with Gasteiger partial charge in [-0.15, -0.1) is 0 Å². The van der Waals surface area contributed by atoms with Crippen molar-refractivity contribution in [1.29, 1.82) is 10.5 Å². The minimum atomic E-state index is -0.451. The summed E-state index contributed by atoms with van der Waals surface area (Å²) in [5.41, 5.74) is 0.365. The average molecular weight is 421 g/mol. The van der Waals surface area contributed by atoms with E-state index in [9.17, 15) is 10.4 Å². The summed E-state index contributed by atoms with van der Waals surface area (Å²) in [5.74, 6) is 4.28. The zero-order valence-corrected chi connectivity index (χ0v) is 19.0. The molecule has 0 aromatic carbocycles. The number of hydrogen-bond donors (Lipinski definition) is 1. The van der Waals surface area contributed by atoms with E-state index in [0.29, 0.717) is 23.9 Å². The fourth-order valence-electron chi connectivity index (χ4n) is 8.76. The van der Waals surface area contributed by atoms with Crippen LogP contribution < -0.4 is 0 Å². The lowest BCUT2D eigenvalue weighted by atomic mass is 9.48. The molecule has 0 spiro atoms. The zero-order valence-electron chi connectivity index (χ0n) is 19.0. The molecule has 0 aliphatic heterocycles. The Balaban J connectivity index is 1.33. The summed E-state index contributed by atoms with van der Waals surface area (Å²) in [7, 11) is 0. The van der Waals surface area contributed by atoms with E-state index in [-0.39, 0.29) is 11.3 Å². The molecular formula is C26H36N4O. The highest BCUT2D eigenvalue weighted by atomic mass is 16.3. The van der Waals surface area contributed by atoms with Crippen molar-refractivity contribution in [2.24, 2.45) is 46.8 Å². The van der Waals surface area contributed by atoms with E-state index in [0.717, 1.165) is 42.9 Å². The summed E-state index contributed by atoms with van der Waals surface area (Å²) in [4.78, 5) is 0. The molecule has 5 heteroatoms. The van der Waals surface area contributed by atoms with Crippen molar-refractivity contribution in [3.05, 3.63) is 18.0 Å². The van der Waals surface area contributed by atoms with Gasteiger partial charge in [-0.1, -0.05) is 6.92 Å². The van der Waals surface area contributed by atoms with Crippen molar-refractivity contribution in [2.75, 3.05) is 0 Å². The van der Waals surface area contributed by atoms with Crippen LogP contribution >= 0.6 is 0 Å². The maximum Gasteiger partial charge on any atom is 0.102 e. The molecule has 1 unspecified atom stereocenters. The van der Waals surface area contributed by atoms with E-state index in [1.807, 2.05) is 6.92 Å². The van der Waals surface area contributed by atoms with Gasteiger partial charge in [-0.2, -0.15) is 15.6 Å². The number of nitriles is 2. The molecule has 31 heavy (non-hydrogen) atoms. The van der Waals surface area contributed by atoms with Gasteiger partial charge >= 0.3 is 0 Å². The van der Waals surface area contributed by atoms with Crippen LogP contribution in [0, 0.1) is 69.5 Å².